The molecule has 0 atom stereocenters. The predicted molar refractivity (Wildman–Crippen MR) is 116 cm³/mol. The quantitative estimate of drug-likeness (QED) is 0.452. The molecule has 0 saturated heterocycles. The third-order valence-electron chi connectivity index (χ3n) is 3.95. The Kier molecular flexibility index (Phi) is 6.28. The fourth-order valence-electron chi connectivity index (χ4n) is 2.35. The summed E-state index contributed by atoms with van der Waals surface area (Å²) in [4.78, 5) is 28.3. The van der Waals surface area contributed by atoms with Gasteiger partial charge in [0.1, 0.15) is 10.9 Å². The first-order valence-electron chi connectivity index (χ1n) is 8.89. The molecule has 3 rings (SSSR count). The van der Waals surface area contributed by atoms with Crippen LogP contribution in [0.25, 0.3) is 0 Å². The molecule has 30 heavy (non-hydrogen) atoms. The largest absolute Gasteiger partial charge is 0.359 e. The third kappa shape index (κ3) is 5.49. The molecule has 0 aliphatic rings. The summed E-state index contributed by atoms with van der Waals surface area (Å²) in [6, 6.07) is 9.22. The molecule has 0 aliphatic heterocycles. The third-order valence-corrected chi connectivity index (χ3v) is 4.64. The molecule has 0 radical (unpaired) electrons. The number of urea groups is 1. The summed E-state index contributed by atoms with van der Waals surface area (Å²) >= 11 is 11.6. The van der Waals surface area contributed by atoms with Gasteiger partial charge in [-0.15, -0.1) is 0 Å². The number of aromatic nitrogens is 2. The Bertz CT molecular complexity index is 1070. The van der Waals surface area contributed by atoms with E-state index in [-0.39, 0.29) is 27.1 Å². The SMILES string of the molecule is CC(C)(C)c1cc(NC(=O)Nc2ccc(NC(=O)c3cnc(Cl)c(Cl)c3)cc2)no1. The van der Waals surface area contributed by atoms with Gasteiger partial charge in [-0.25, -0.2) is 9.78 Å². The second-order valence-electron chi connectivity index (χ2n) is 7.43. The molecular formula is C20H19Cl2N5O3. The number of nitrogens with one attached hydrogen (secondary N) is 3. The lowest BCUT2D eigenvalue weighted by atomic mass is 9.93. The average molecular weight is 448 g/mol. The Morgan fingerprint density at radius 2 is 1.60 bits per heavy atom. The molecular weight excluding hydrogens is 429 g/mol. The molecule has 0 saturated carbocycles. The molecule has 3 aromatic rings. The molecule has 0 fully saturated rings. The van der Waals surface area contributed by atoms with Crippen molar-refractivity contribution in [3.8, 4) is 0 Å². The Morgan fingerprint density at radius 3 is 2.17 bits per heavy atom. The number of carbonyl (C=O) groups excluding carboxylic acids is 2. The van der Waals surface area contributed by atoms with Crippen LogP contribution in [0.15, 0.2) is 47.1 Å². The number of hydrogen-bond acceptors (Lipinski definition) is 5. The van der Waals surface area contributed by atoms with Crippen molar-refractivity contribution in [1.82, 2.24) is 10.1 Å². The number of anilines is 3. The minimum absolute atomic E-state index is 0.127. The first kappa shape index (κ1) is 21.6. The molecule has 0 bridgehead atoms. The lowest BCUT2D eigenvalue weighted by Crippen LogP contribution is -2.19. The van der Waals surface area contributed by atoms with E-state index in [1.165, 1.54) is 12.3 Å². The van der Waals surface area contributed by atoms with Crippen molar-refractivity contribution in [3.05, 3.63) is 64.1 Å². The number of carbonyl (C=O) groups is 2. The zero-order valence-corrected chi connectivity index (χ0v) is 17.9. The number of amides is 3. The minimum Gasteiger partial charge on any atom is -0.359 e. The fourth-order valence-corrected chi connectivity index (χ4v) is 2.62. The second kappa shape index (κ2) is 8.73. The Labute approximate surface area is 182 Å². The molecule has 0 spiro atoms. The highest BCUT2D eigenvalue weighted by atomic mass is 35.5. The van der Waals surface area contributed by atoms with Crippen molar-refractivity contribution >= 4 is 52.3 Å². The number of rotatable bonds is 4. The molecule has 10 heteroatoms. The van der Waals surface area contributed by atoms with E-state index in [2.05, 4.69) is 26.1 Å². The summed E-state index contributed by atoms with van der Waals surface area (Å²) in [5.41, 5.74) is 1.12. The van der Waals surface area contributed by atoms with Gasteiger partial charge >= 0.3 is 6.03 Å². The molecule has 2 heterocycles. The number of benzene rings is 1. The van der Waals surface area contributed by atoms with Gasteiger partial charge in [-0.2, -0.15) is 0 Å². The van der Waals surface area contributed by atoms with Gasteiger partial charge in [0, 0.05) is 29.1 Å². The zero-order valence-electron chi connectivity index (χ0n) is 16.4. The molecule has 156 valence electrons. The van der Waals surface area contributed by atoms with E-state index in [1.54, 1.807) is 30.3 Å². The summed E-state index contributed by atoms with van der Waals surface area (Å²) in [6.07, 6.45) is 1.33. The van der Waals surface area contributed by atoms with Crippen molar-refractivity contribution in [3.63, 3.8) is 0 Å². The second-order valence-corrected chi connectivity index (χ2v) is 8.20. The molecule has 2 aromatic heterocycles. The van der Waals surface area contributed by atoms with Crippen LogP contribution in [0.2, 0.25) is 10.2 Å². The van der Waals surface area contributed by atoms with E-state index in [9.17, 15) is 9.59 Å². The van der Waals surface area contributed by atoms with E-state index in [0.29, 0.717) is 23.0 Å². The van der Waals surface area contributed by atoms with E-state index in [1.807, 2.05) is 20.8 Å². The maximum atomic E-state index is 12.3. The van der Waals surface area contributed by atoms with Gasteiger partial charge in [0.25, 0.3) is 5.91 Å². The number of hydrogen-bond donors (Lipinski definition) is 3. The van der Waals surface area contributed by atoms with Gasteiger partial charge in [-0.1, -0.05) is 49.1 Å². The molecule has 3 amide bonds. The smallest absolute Gasteiger partial charge is 0.324 e. The van der Waals surface area contributed by atoms with Crippen molar-refractivity contribution in [2.45, 2.75) is 26.2 Å². The van der Waals surface area contributed by atoms with Crippen LogP contribution in [0.3, 0.4) is 0 Å². The van der Waals surface area contributed by atoms with Gasteiger partial charge in [0.15, 0.2) is 5.82 Å². The molecule has 0 unspecified atom stereocenters. The molecule has 8 nitrogen and oxygen atoms in total. The number of pyridine rings is 1. The maximum Gasteiger partial charge on any atom is 0.324 e. The number of nitrogens with zero attached hydrogens (tertiary/aromatic N) is 2. The summed E-state index contributed by atoms with van der Waals surface area (Å²) in [5.74, 6) is 0.590. The highest BCUT2D eigenvalue weighted by molar-refractivity contribution is 6.41. The Hall–Kier alpha value is -3.10. The maximum absolute atomic E-state index is 12.3. The van der Waals surface area contributed by atoms with Crippen LogP contribution in [0.4, 0.5) is 22.0 Å². The minimum atomic E-state index is -0.470. The van der Waals surface area contributed by atoms with Crippen LogP contribution < -0.4 is 16.0 Å². The van der Waals surface area contributed by atoms with E-state index in [0.717, 1.165) is 0 Å². The van der Waals surface area contributed by atoms with Crippen LogP contribution in [0.5, 0.6) is 0 Å². The highest BCUT2D eigenvalue weighted by Crippen LogP contribution is 2.24. The zero-order chi connectivity index (χ0) is 21.9. The monoisotopic (exact) mass is 447 g/mol. The fraction of sp³-hybridized carbons (Fsp3) is 0.200. The summed E-state index contributed by atoms with van der Waals surface area (Å²) < 4.78 is 5.23. The van der Waals surface area contributed by atoms with Crippen molar-refractivity contribution in [1.29, 1.82) is 0 Å². The standard InChI is InChI=1S/C20H19Cl2N5O3/c1-20(2,3)15-9-16(27-30-15)26-19(29)25-13-6-4-12(5-7-13)24-18(28)11-8-14(21)17(22)23-10-11/h4-10H,1-3H3,(H,24,28)(H2,25,26,27,29). The first-order chi connectivity index (χ1) is 14.1. The summed E-state index contributed by atoms with van der Waals surface area (Å²) in [5, 5.41) is 12.1. The van der Waals surface area contributed by atoms with Crippen molar-refractivity contribution in [2.75, 3.05) is 16.0 Å². The Balaban J connectivity index is 1.57. The van der Waals surface area contributed by atoms with Crippen LogP contribution in [-0.4, -0.2) is 22.1 Å². The average Bonchev–Trinajstić information content (AvgIpc) is 3.14. The van der Waals surface area contributed by atoms with Gasteiger partial charge < -0.3 is 15.2 Å². The van der Waals surface area contributed by atoms with E-state index < -0.39 is 6.03 Å². The van der Waals surface area contributed by atoms with Crippen LogP contribution in [0.1, 0.15) is 36.9 Å². The van der Waals surface area contributed by atoms with Crippen molar-refractivity contribution in [2.24, 2.45) is 0 Å². The van der Waals surface area contributed by atoms with E-state index in [4.69, 9.17) is 27.7 Å². The number of halogens is 2. The Morgan fingerprint density at radius 1 is 0.967 bits per heavy atom. The van der Waals surface area contributed by atoms with Crippen LogP contribution in [-0.2, 0) is 5.41 Å². The van der Waals surface area contributed by atoms with Gasteiger partial charge in [-0.05, 0) is 30.3 Å². The predicted octanol–water partition coefficient (Wildman–Crippen LogP) is 5.57. The lowest BCUT2D eigenvalue weighted by molar-refractivity contribution is 0.102. The van der Waals surface area contributed by atoms with Crippen LogP contribution in [0, 0.1) is 0 Å². The lowest BCUT2D eigenvalue weighted by Gasteiger charge is -2.12. The molecule has 1 aromatic carbocycles. The van der Waals surface area contributed by atoms with Gasteiger partial charge in [-0.3, -0.25) is 10.1 Å². The first-order valence-corrected chi connectivity index (χ1v) is 9.65. The topological polar surface area (TPSA) is 109 Å². The normalized spacial score (nSPS) is 11.1. The van der Waals surface area contributed by atoms with Gasteiger partial charge in [0.05, 0.1) is 10.6 Å². The summed E-state index contributed by atoms with van der Waals surface area (Å²) in [6.45, 7) is 5.95. The van der Waals surface area contributed by atoms with Crippen LogP contribution >= 0.6 is 23.2 Å². The van der Waals surface area contributed by atoms with Gasteiger partial charge in [0.2, 0.25) is 0 Å². The van der Waals surface area contributed by atoms with E-state index >= 15 is 0 Å². The van der Waals surface area contributed by atoms with Crippen molar-refractivity contribution < 1.29 is 14.1 Å². The molecule has 0 aliphatic carbocycles. The highest BCUT2D eigenvalue weighted by Gasteiger charge is 2.20. The molecule has 3 N–H and O–H groups in total. The summed E-state index contributed by atoms with van der Waals surface area (Å²) in [7, 11) is 0.